The van der Waals surface area contributed by atoms with Gasteiger partial charge in [0.1, 0.15) is 0 Å². The Morgan fingerprint density at radius 2 is 1.48 bits per heavy atom. The summed E-state index contributed by atoms with van der Waals surface area (Å²) in [6.07, 6.45) is 1.40. The van der Waals surface area contributed by atoms with Crippen LogP contribution in [-0.4, -0.2) is 25.8 Å². The van der Waals surface area contributed by atoms with Crippen LogP contribution in [0.2, 0.25) is 0 Å². The first-order valence-electron chi connectivity index (χ1n) is 8.64. The Balaban J connectivity index is 1.77. The van der Waals surface area contributed by atoms with E-state index in [2.05, 4.69) is 12.2 Å². The topological polar surface area (TPSA) is 49.4 Å². The van der Waals surface area contributed by atoms with Crippen LogP contribution in [0.3, 0.4) is 0 Å². The Bertz CT molecular complexity index is 704. The van der Waals surface area contributed by atoms with Crippen molar-refractivity contribution in [1.82, 2.24) is 5.32 Å². The molecule has 0 aliphatic heterocycles. The largest absolute Gasteiger partial charge is 0.378 e. The third-order valence-corrected chi connectivity index (χ3v) is 4.21. The van der Waals surface area contributed by atoms with E-state index in [1.807, 2.05) is 67.5 Å². The van der Waals surface area contributed by atoms with Crippen LogP contribution in [-0.2, 0) is 17.8 Å². The molecule has 4 nitrogen and oxygen atoms in total. The second-order valence-corrected chi connectivity index (χ2v) is 6.31. The minimum Gasteiger partial charge on any atom is -0.378 e. The Hall–Kier alpha value is -2.62. The number of Topliss-reactive ketones (excluding diaryl/α,β-unsaturated/α-hetero) is 1. The van der Waals surface area contributed by atoms with E-state index in [4.69, 9.17) is 0 Å². The van der Waals surface area contributed by atoms with E-state index in [1.54, 1.807) is 0 Å². The molecule has 1 N–H and O–H groups in total. The SMILES string of the molecule is CCc1ccc(C(=O)CCC(=O)NCc2ccc(N(C)C)cc2)cc1. The summed E-state index contributed by atoms with van der Waals surface area (Å²) in [6.45, 7) is 2.56. The van der Waals surface area contributed by atoms with Crippen molar-refractivity contribution in [1.29, 1.82) is 0 Å². The van der Waals surface area contributed by atoms with Gasteiger partial charge in [-0.2, -0.15) is 0 Å². The van der Waals surface area contributed by atoms with Crippen LogP contribution >= 0.6 is 0 Å². The smallest absolute Gasteiger partial charge is 0.220 e. The molecular formula is C21H26N2O2. The van der Waals surface area contributed by atoms with Gasteiger partial charge in [0.15, 0.2) is 5.78 Å². The second-order valence-electron chi connectivity index (χ2n) is 6.31. The van der Waals surface area contributed by atoms with Gasteiger partial charge in [0.25, 0.3) is 0 Å². The van der Waals surface area contributed by atoms with E-state index in [1.165, 1.54) is 5.56 Å². The maximum atomic E-state index is 12.1. The minimum atomic E-state index is -0.102. The molecule has 0 bridgehead atoms. The van der Waals surface area contributed by atoms with Gasteiger partial charge in [-0.3, -0.25) is 9.59 Å². The highest BCUT2D eigenvalue weighted by molar-refractivity contribution is 5.97. The first-order chi connectivity index (χ1) is 12.0. The number of amides is 1. The maximum absolute atomic E-state index is 12.1. The molecule has 0 aromatic heterocycles. The van der Waals surface area contributed by atoms with Crippen LogP contribution < -0.4 is 10.2 Å². The summed E-state index contributed by atoms with van der Waals surface area (Å²) in [5, 5.41) is 2.87. The van der Waals surface area contributed by atoms with E-state index < -0.39 is 0 Å². The number of carbonyl (C=O) groups is 2. The van der Waals surface area contributed by atoms with E-state index in [0.717, 1.165) is 17.7 Å². The molecule has 0 saturated carbocycles. The summed E-state index contributed by atoms with van der Waals surface area (Å²) < 4.78 is 0. The third kappa shape index (κ3) is 5.75. The lowest BCUT2D eigenvalue weighted by molar-refractivity contribution is -0.121. The van der Waals surface area contributed by atoms with Crippen LogP contribution in [0, 0.1) is 0 Å². The zero-order valence-corrected chi connectivity index (χ0v) is 15.2. The number of aryl methyl sites for hydroxylation is 1. The lowest BCUT2D eigenvalue weighted by atomic mass is 10.0. The molecule has 2 rings (SSSR count). The fourth-order valence-electron chi connectivity index (χ4n) is 2.50. The van der Waals surface area contributed by atoms with Crippen molar-refractivity contribution in [2.45, 2.75) is 32.7 Å². The Morgan fingerprint density at radius 3 is 2.04 bits per heavy atom. The number of nitrogens with one attached hydrogen (secondary N) is 1. The Kier molecular flexibility index (Phi) is 6.75. The van der Waals surface area contributed by atoms with Crippen molar-refractivity contribution in [3.05, 3.63) is 65.2 Å². The first-order valence-corrected chi connectivity index (χ1v) is 8.64. The van der Waals surface area contributed by atoms with Gasteiger partial charge in [-0.15, -0.1) is 0 Å². The van der Waals surface area contributed by atoms with E-state index in [0.29, 0.717) is 12.1 Å². The van der Waals surface area contributed by atoms with Gasteiger partial charge in [0.05, 0.1) is 0 Å². The number of benzene rings is 2. The third-order valence-electron chi connectivity index (χ3n) is 4.21. The van der Waals surface area contributed by atoms with Gasteiger partial charge < -0.3 is 10.2 Å². The molecule has 25 heavy (non-hydrogen) atoms. The minimum absolute atomic E-state index is 0.00754. The summed E-state index contributed by atoms with van der Waals surface area (Å²) in [5.41, 5.74) is 4.04. The lowest BCUT2D eigenvalue weighted by Gasteiger charge is -2.13. The van der Waals surface area contributed by atoms with Gasteiger partial charge in [0, 0.05) is 44.7 Å². The Morgan fingerprint density at radius 1 is 0.880 bits per heavy atom. The summed E-state index contributed by atoms with van der Waals surface area (Å²) in [6, 6.07) is 15.6. The predicted molar refractivity (Wildman–Crippen MR) is 102 cm³/mol. The standard InChI is InChI=1S/C21H26N2O2/c1-4-16-5-9-18(10-6-16)20(24)13-14-21(25)22-15-17-7-11-19(12-8-17)23(2)3/h5-12H,4,13-15H2,1-3H3,(H,22,25). The summed E-state index contributed by atoms with van der Waals surface area (Å²) in [7, 11) is 3.98. The number of hydrogen-bond donors (Lipinski definition) is 1. The van der Waals surface area contributed by atoms with Gasteiger partial charge in [-0.05, 0) is 29.7 Å². The lowest BCUT2D eigenvalue weighted by Crippen LogP contribution is -2.23. The summed E-state index contributed by atoms with van der Waals surface area (Å²) >= 11 is 0. The van der Waals surface area contributed by atoms with Crippen molar-refractivity contribution in [3.8, 4) is 0 Å². The zero-order chi connectivity index (χ0) is 18.2. The molecule has 0 heterocycles. The van der Waals surface area contributed by atoms with Gasteiger partial charge in [-0.1, -0.05) is 43.3 Å². The molecule has 1 amide bonds. The summed E-state index contributed by atoms with van der Waals surface area (Å²) in [5.74, 6) is -0.0941. The number of rotatable bonds is 8. The van der Waals surface area contributed by atoms with Crippen LogP contribution in [0.1, 0.15) is 41.3 Å². The molecule has 0 fully saturated rings. The van der Waals surface area contributed by atoms with Crippen molar-refractivity contribution in [2.24, 2.45) is 0 Å². The molecule has 0 saturated heterocycles. The highest BCUT2D eigenvalue weighted by Crippen LogP contribution is 2.12. The predicted octanol–water partition coefficient (Wildman–Crippen LogP) is 3.59. The van der Waals surface area contributed by atoms with Crippen molar-refractivity contribution < 1.29 is 9.59 Å². The molecule has 4 heteroatoms. The summed E-state index contributed by atoms with van der Waals surface area (Å²) in [4.78, 5) is 26.1. The number of anilines is 1. The second kappa shape index (κ2) is 9.02. The van der Waals surface area contributed by atoms with Crippen LogP contribution in [0.15, 0.2) is 48.5 Å². The molecule has 2 aromatic rings. The molecule has 0 aliphatic carbocycles. The highest BCUT2D eigenvalue weighted by atomic mass is 16.2. The molecule has 132 valence electrons. The molecule has 2 aromatic carbocycles. The van der Waals surface area contributed by atoms with Crippen LogP contribution in [0.4, 0.5) is 5.69 Å². The average Bonchev–Trinajstić information content (AvgIpc) is 2.64. The van der Waals surface area contributed by atoms with Crippen molar-refractivity contribution in [2.75, 3.05) is 19.0 Å². The van der Waals surface area contributed by atoms with Gasteiger partial charge in [-0.25, -0.2) is 0 Å². The number of nitrogens with zero attached hydrogens (tertiary/aromatic N) is 1. The fourth-order valence-corrected chi connectivity index (χ4v) is 2.50. The van der Waals surface area contributed by atoms with Crippen LogP contribution in [0.5, 0.6) is 0 Å². The average molecular weight is 338 g/mol. The number of ketones is 1. The zero-order valence-electron chi connectivity index (χ0n) is 15.2. The molecule has 0 spiro atoms. The van der Waals surface area contributed by atoms with Gasteiger partial charge >= 0.3 is 0 Å². The number of hydrogen-bond acceptors (Lipinski definition) is 3. The van der Waals surface area contributed by atoms with Crippen molar-refractivity contribution >= 4 is 17.4 Å². The first kappa shape index (κ1) is 18.7. The van der Waals surface area contributed by atoms with E-state index in [9.17, 15) is 9.59 Å². The van der Waals surface area contributed by atoms with E-state index in [-0.39, 0.29) is 24.5 Å². The van der Waals surface area contributed by atoms with Crippen LogP contribution in [0.25, 0.3) is 0 Å². The maximum Gasteiger partial charge on any atom is 0.220 e. The monoisotopic (exact) mass is 338 g/mol. The molecule has 0 radical (unpaired) electrons. The molecule has 0 aliphatic rings. The van der Waals surface area contributed by atoms with E-state index >= 15 is 0 Å². The van der Waals surface area contributed by atoms with Crippen molar-refractivity contribution in [3.63, 3.8) is 0 Å². The quantitative estimate of drug-likeness (QED) is 0.748. The normalized spacial score (nSPS) is 10.4. The van der Waals surface area contributed by atoms with Gasteiger partial charge in [0.2, 0.25) is 5.91 Å². The Labute approximate surface area is 149 Å². The molecule has 0 atom stereocenters. The number of carbonyl (C=O) groups excluding carboxylic acids is 2. The highest BCUT2D eigenvalue weighted by Gasteiger charge is 2.09. The fraction of sp³-hybridized carbons (Fsp3) is 0.333. The molecular weight excluding hydrogens is 312 g/mol. The molecule has 0 unspecified atom stereocenters.